The molecule has 1 saturated carbocycles. The number of nitrogens with zero attached hydrogens (tertiary/aromatic N) is 1. The molecule has 2 aliphatic rings. The van der Waals surface area contributed by atoms with Crippen molar-refractivity contribution in [3.8, 4) is 0 Å². The van der Waals surface area contributed by atoms with Gasteiger partial charge in [0.15, 0.2) is 5.78 Å². The first kappa shape index (κ1) is 17.3. The molecule has 1 unspecified atom stereocenters. The number of carbonyl (C=O) groups is 3. The third-order valence-corrected chi connectivity index (χ3v) is 6.09. The molecule has 1 aliphatic carbocycles. The smallest absolute Gasteiger partial charge is 0.219 e. The Balaban J connectivity index is 1.93. The van der Waals surface area contributed by atoms with Crippen molar-refractivity contribution in [3.63, 3.8) is 0 Å². The minimum atomic E-state index is -0.637. The molecule has 0 aromatic heterocycles. The maximum atomic E-state index is 13.2. The van der Waals surface area contributed by atoms with Gasteiger partial charge in [0, 0.05) is 36.3 Å². The second kappa shape index (κ2) is 6.10. The molecule has 1 aliphatic heterocycles. The lowest BCUT2D eigenvalue weighted by atomic mass is 9.74. The molecule has 5 heteroatoms. The van der Waals surface area contributed by atoms with Crippen molar-refractivity contribution >= 4 is 33.4 Å². The van der Waals surface area contributed by atoms with E-state index in [1.807, 2.05) is 26.0 Å². The first-order valence-electron chi connectivity index (χ1n) is 8.34. The second-order valence-corrected chi connectivity index (χ2v) is 8.10. The monoisotopic (exact) mass is 391 g/mol. The van der Waals surface area contributed by atoms with E-state index in [0.29, 0.717) is 32.4 Å². The minimum absolute atomic E-state index is 0.0322. The van der Waals surface area contributed by atoms with Crippen molar-refractivity contribution < 1.29 is 14.4 Å². The number of rotatable bonds is 1. The Labute approximate surface area is 150 Å². The van der Waals surface area contributed by atoms with Crippen LogP contribution in [0.4, 0.5) is 0 Å². The second-order valence-electron chi connectivity index (χ2n) is 7.18. The van der Waals surface area contributed by atoms with Gasteiger partial charge in [0.2, 0.25) is 5.91 Å². The quantitative estimate of drug-likeness (QED) is 0.689. The summed E-state index contributed by atoms with van der Waals surface area (Å²) in [6.07, 6.45) is 1.52. The molecule has 1 heterocycles. The lowest BCUT2D eigenvalue weighted by Gasteiger charge is -2.37. The van der Waals surface area contributed by atoms with Crippen molar-refractivity contribution in [2.45, 2.75) is 46.0 Å². The van der Waals surface area contributed by atoms with Crippen LogP contribution in [0.25, 0.3) is 0 Å². The van der Waals surface area contributed by atoms with Crippen LogP contribution in [0.15, 0.2) is 16.6 Å². The fraction of sp³-hybridized carbons (Fsp3) is 0.526. The van der Waals surface area contributed by atoms with Crippen LogP contribution in [-0.4, -0.2) is 35.5 Å². The van der Waals surface area contributed by atoms with Gasteiger partial charge in [0.05, 0.1) is 0 Å². The molecule has 0 bridgehead atoms. The summed E-state index contributed by atoms with van der Waals surface area (Å²) < 4.78 is 0.962. The molecular weight excluding hydrogens is 370 g/mol. The molecular formula is C19H22BrNO3. The normalized spacial score (nSPS) is 23.2. The Kier molecular flexibility index (Phi) is 4.41. The Morgan fingerprint density at radius 1 is 1.17 bits per heavy atom. The fourth-order valence-electron chi connectivity index (χ4n) is 4.32. The lowest BCUT2D eigenvalue weighted by molar-refractivity contribution is -0.136. The lowest BCUT2D eigenvalue weighted by Crippen LogP contribution is -2.44. The number of aryl methyl sites for hydroxylation is 2. The molecule has 1 aromatic rings. The number of benzene rings is 1. The van der Waals surface area contributed by atoms with Gasteiger partial charge in [-0.1, -0.05) is 15.9 Å². The highest BCUT2D eigenvalue weighted by atomic mass is 79.9. The van der Waals surface area contributed by atoms with Crippen molar-refractivity contribution in [1.82, 2.24) is 4.90 Å². The van der Waals surface area contributed by atoms with Gasteiger partial charge in [-0.2, -0.15) is 0 Å². The van der Waals surface area contributed by atoms with E-state index in [1.54, 1.807) is 11.8 Å². The molecule has 1 amide bonds. The van der Waals surface area contributed by atoms with Crippen molar-refractivity contribution in [2.75, 3.05) is 13.1 Å². The van der Waals surface area contributed by atoms with E-state index in [0.717, 1.165) is 21.2 Å². The van der Waals surface area contributed by atoms with E-state index in [-0.39, 0.29) is 17.5 Å². The Bertz CT molecular complexity index is 709. The molecule has 1 aromatic carbocycles. The standard InChI is InChI=1S/C19H22BrNO3/c1-11-8-14(20)9-12(2)16(11)17-15(23)10-19(18(17)24)4-6-21(7-5-19)13(3)22/h8-9,17H,4-7,10H2,1-3H3. The molecule has 3 rings (SSSR count). The number of likely N-dealkylation sites (tertiary alicyclic amines) is 1. The molecule has 1 spiro atoms. The first-order chi connectivity index (χ1) is 11.2. The van der Waals surface area contributed by atoms with Crippen LogP contribution in [0.3, 0.4) is 0 Å². The van der Waals surface area contributed by atoms with Crippen LogP contribution < -0.4 is 0 Å². The number of Topliss-reactive ketones (excluding diaryl/α,β-unsaturated/α-hetero) is 2. The van der Waals surface area contributed by atoms with E-state index < -0.39 is 11.3 Å². The van der Waals surface area contributed by atoms with Crippen LogP contribution in [0.2, 0.25) is 0 Å². The van der Waals surface area contributed by atoms with E-state index >= 15 is 0 Å². The molecule has 1 atom stereocenters. The summed E-state index contributed by atoms with van der Waals surface area (Å²) >= 11 is 3.47. The summed E-state index contributed by atoms with van der Waals surface area (Å²) in [5.41, 5.74) is 2.26. The molecule has 128 valence electrons. The van der Waals surface area contributed by atoms with Gasteiger partial charge in [0.25, 0.3) is 0 Å². The van der Waals surface area contributed by atoms with Crippen LogP contribution in [-0.2, 0) is 14.4 Å². The summed E-state index contributed by atoms with van der Waals surface area (Å²) in [4.78, 5) is 39.3. The number of amides is 1. The SMILES string of the molecule is CC(=O)N1CCC2(CC1)CC(=O)C(c1c(C)cc(Br)cc1C)C2=O. The average Bonchev–Trinajstić information content (AvgIpc) is 2.71. The highest BCUT2D eigenvalue weighted by Gasteiger charge is 2.54. The molecule has 24 heavy (non-hydrogen) atoms. The zero-order valence-corrected chi connectivity index (χ0v) is 15.9. The number of piperidine rings is 1. The number of hydrogen-bond donors (Lipinski definition) is 0. The van der Waals surface area contributed by atoms with Crippen molar-refractivity contribution in [3.05, 3.63) is 33.3 Å². The maximum Gasteiger partial charge on any atom is 0.219 e. The third-order valence-electron chi connectivity index (χ3n) is 5.63. The molecule has 2 fully saturated rings. The summed E-state index contributed by atoms with van der Waals surface area (Å²) in [5, 5.41) is 0. The molecule has 1 saturated heterocycles. The van der Waals surface area contributed by atoms with Crippen LogP contribution in [0, 0.1) is 19.3 Å². The van der Waals surface area contributed by atoms with E-state index in [9.17, 15) is 14.4 Å². The molecule has 4 nitrogen and oxygen atoms in total. The van der Waals surface area contributed by atoms with Gasteiger partial charge in [-0.05, 0) is 55.5 Å². The average molecular weight is 392 g/mol. The van der Waals surface area contributed by atoms with Crippen LogP contribution in [0.1, 0.15) is 48.8 Å². The van der Waals surface area contributed by atoms with Gasteiger partial charge < -0.3 is 4.90 Å². The zero-order chi connectivity index (χ0) is 17.6. The minimum Gasteiger partial charge on any atom is -0.343 e. The highest BCUT2D eigenvalue weighted by Crippen LogP contribution is 2.48. The summed E-state index contributed by atoms with van der Waals surface area (Å²) in [5.74, 6) is -0.506. The fourth-order valence-corrected chi connectivity index (χ4v) is 5.00. The van der Waals surface area contributed by atoms with E-state index in [4.69, 9.17) is 0 Å². The topological polar surface area (TPSA) is 54.5 Å². The summed E-state index contributed by atoms with van der Waals surface area (Å²) in [7, 11) is 0. The van der Waals surface area contributed by atoms with Crippen LogP contribution in [0.5, 0.6) is 0 Å². The predicted octanol–water partition coefficient (Wildman–Crippen LogP) is 3.32. The number of halogens is 1. The Hall–Kier alpha value is -1.49. The van der Waals surface area contributed by atoms with Crippen molar-refractivity contribution in [2.24, 2.45) is 5.41 Å². The van der Waals surface area contributed by atoms with Crippen molar-refractivity contribution in [1.29, 1.82) is 0 Å². The number of ketones is 2. The Morgan fingerprint density at radius 3 is 2.21 bits per heavy atom. The predicted molar refractivity (Wildman–Crippen MR) is 94.9 cm³/mol. The van der Waals surface area contributed by atoms with Gasteiger partial charge in [-0.15, -0.1) is 0 Å². The van der Waals surface area contributed by atoms with Crippen LogP contribution >= 0.6 is 15.9 Å². The summed E-state index contributed by atoms with van der Waals surface area (Å²) in [6, 6.07) is 3.93. The Morgan fingerprint density at radius 2 is 1.71 bits per heavy atom. The third kappa shape index (κ3) is 2.73. The van der Waals surface area contributed by atoms with E-state index in [1.165, 1.54) is 0 Å². The van der Waals surface area contributed by atoms with Gasteiger partial charge >= 0.3 is 0 Å². The molecule has 0 N–H and O–H groups in total. The number of hydrogen-bond acceptors (Lipinski definition) is 3. The number of carbonyl (C=O) groups excluding carboxylic acids is 3. The summed E-state index contributed by atoms with van der Waals surface area (Å²) in [6.45, 7) is 6.60. The van der Waals surface area contributed by atoms with Gasteiger partial charge in [-0.25, -0.2) is 0 Å². The maximum absolute atomic E-state index is 13.2. The largest absolute Gasteiger partial charge is 0.343 e. The van der Waals surface area contributed by atoms with E-state index in [2.05, 4.69) is 15.9 Å². The van der Waals surface area contributed by atoms with Gasteiger partial charge in [0.1, 0.15) is 11.7 Å². The molecule has 0 radical (unpaired) electrons. The first-order valence-corrected chi connectivity index (χ1v) is 9.14. The zero-order valence-electron chi connectivity index (χ0n) is 14.3. The van der Waals surface area contributed by atoms with Gasteiger partial charge in [-0.3, -0.25) is 14.4 Å². The highest BCUT2D eigenvalue weighted by molar-refractivity contribution is 9.10.